The highest BCUT2D eigenvalue weighted by molar-refractivity contribution is 6.30. The Labute approximate surface area is 189 Å². The van der Waals surface area contributed by atoms with Crippen LogP contribution in [0.5, 0.6) is 17.6 Å². The van der Waals surface area contributed by atoms with Crippen LogP contribution in [0.25, 0.3) is 0 Å². The van der Waals surface area contributed by atoms with E-state index in [0.29, 0.717) is 18.1 Å². The van der Waals surface area contributed by atoms with Crippen LogP contribution in [0.4, 0.5) is 4.39 Å². The zero-order valence-corrected chi connectivity index (χ0v) is 18.5. The van der Waals surface area contributed by atoms with Crippen LogP contribution in [0.2, 0.25) is 5.02 Å². The molecule has 3 aliphatic rings. The van der Waals surface area contributed by atoms with E-state index in [1.807, 2.05) is 32.0 Å². The molecule has 1 heterocycles. The number of carbonyl (C=O) groups is 1. The molecule has 0 N–H and O–H groups in total. The van der Waals surface area contributed by atoms with Crippen LogP contribution in [0, 0.1) is 25.1 Å². The molecule has 0 radical (unpaired) electrons. The molecule has 0 atom stereocenters. The van der Waals surface area contributed by atoms with E-state index < -0.39 is 5.82 Å². The van der Waals surface area contributed by atoms with Crippen LogP contribution in [0.3, 0.4) is 0 Å². The lowest BCUT2D eigenvalue weighted by atomic mass is 9.34. The first-order chi connectivity index (χ1) is 15.3. The van der Waals surface area contributed by atoms with Gasteiger partial charge in [0.05, 0.1) is 10.4 Å². The molecular weight excluding hydrogens is 435 g/mol. The van der Waals surface area contributed by atoms with Gasteiger partial charge < -0.3 is 13.9 Å². The van der Waals surface area contributed by atoms with Crippen molar-refractivity contribution in [2.45, 2.75) is 44.9 Å². The molecule has 0 amide bonds. The molecule has 3 aliphatic carbocycles. The number of hydrogen-bond donors (Lipinski definition) is 0. The van der Waals surface area contributed by atoms with Crippen molar-refractivity contribution in [3.8, 4) is 17.6 Å². The third-order valence-electron chi connectivity index (χ3n) is 6.55. The first kappa shape index (κ1) is 20.9. The average molecular weight is 457 g/mol. The molecule has 0 aliphatic heterocycles. The van der Waals surface area contributed by atoms with Gasteiger partial charge in [0, 0.05) is 12.5 Å². The first-order valence-corrected chi connectivity index (χ1v) is 10.8. The number of carbonyl (C=O) groups excluding carboxylic acids is 1. The molecule has 0 saturated heterocycles. The summed E-state index contributed by atoms with van der Waals surface area (Å²) in [5, 5.41) is 8.24. The molecule has 1 aromatic heterocycles. The third-order valence-corrected chi connectivity index (χ3v) is 6.85. The van der Waals surface area contributed by atoms with Gasteiger partial charge in [-0.25, -0.2) is 4.39 Å². The average Bonchev–Trinajstić information content (AvgIpc) is 3.15. The summed E-state index contributed by atoms with van der Waals surface area (Å²) in [6, 6.07) is 9.91. The van der Waals surface area contributed by atoms with Crippen LogP contribution in [-0.4, -0.2) is 22.6 Å². The van der Waals surface area contributed by atoms with Crippen LogP contribution in [-0.2, 0) is 10.2 Å². The minimum Gasteiger partial charge on any atom is -0.486 e. The lowest BCUT2D eigenvalue weighted by molar-refractivity contribution is -0.168. The Morgan fingerprint density at radius 2 is 1.84 bits per heavy atom. The van der Waals surface area contributed by atoms with Crippen LogP contribution < -0.4 is 9.47 Å². The van der Waals surface area contributed by atoms with E-state index in [-0.39, 0.29) is 40.1 Å². The maximum Gasteiger partial charge on any atom is 0.420 e. The van der Waals surface area contributed by atoms with Crippen LogP contribution >= 0.6 is 11.6 Å². The Kier molecular flexibility index (Phi) is 4.97. The second-order valence-electron chi connectivity index (χ2n) is 9.11. The third kappa shape index (κ3) is 3.75. The number of ketones is 1. The number of nitrogens with zero attached hydrogens (tertiary/aromatic N) is 2. The van der Waals surface area contributed by atoms with Crippen molar-refractivity contribution < 1.29 is 23.1 Å². The van der Waals surface area contributed by atoms with E-state index in [1.54, 1.807) is 6.07 Å². The molecular formula is C24H22ClFN2O4. The van der Waals surface area contributed by atoms with Gasteiger partial charge in [0.1, 0.15) is 23.9 Å². The highest BCUT2D eigenvalue weighted by Gasteiger charge is 2.71. The van der Waals surface area contributed by atoms with Gasteiger partial charge in [-0.1, -0.05) is 22.8 Å². The number of aromatic nitrogens is 2. The SMILES string of the molecule is Cc1ccc(Oc2nnc(C34CC(CC(=O)COc5ccc(Cl)c(F)c5)(C3)C4)o2)cc1C. The topological polar surface area (TPSA) is 74.5 Å². The maximum atomic E-state index is 13.5. The number of hydrogen-bond acceptors (Lipinski definition) is 6. The largest absolute Gasteiger partial charge is 0.486 e. The zero-order chi connectivity index (χ0) is 22.5. The smallest absolute Gasteiger partial charge is 0.420 e. The number of halogens is 2. The summed E-state index contributed by atoms with van der Waals surface area (Å²) in [4.78, 5) is 12.4. The summed E-state index contributed by atoms with van der Waals surface area (Å²) in [5.41, 5.74) is 2.12. The molecule has 3 aromatic rings. The van der Waals surface area contributed by atoms with Crippen molar-refractivity contribution in [3.05, 3.63) is 64.3 Å². The van der Waals surface area contributed by atoms with E-state index >= 15 is 0 Å². The highest BCUT2D eigenvalue weighted by Crippen LogP contribution is 2.74. The van der Waals surface area contributed by atoms with Crippen molar-refractivity contribution in [2.24, 2.45) is 5.41 Å². The lowest BCUT2D eigenvalue weighted by Gasteiger charge is -2.68. The quantitative estimate of drug-likeness (QED) is 0.431. The van der Waals surface area contributed by atoms with E-state index in [1.165, 1.54) is 17.7 Å². The molecule has 8 heteroatoms. The van der Waals surface area contributed by atoms with E-state index in [4.69, 9.17) is 25.5 Å². The minimum absolute atomic E-state index is 0.0158. The fourth-order valence-corrected chi connectivity index (χ4v) is 5.07. The summed E-state index contributed by atoms with van der Waals surface area (Å²) in [6.07, 6.45) is 3.03. The van der Waals surface area contributed by atoms with Gasteiger partial charge in [-0.15, -0.1) is 5.10 Å². The number of rotatable bonds is 8. The molecule has 3 fully saturated rings. The maximum absolute atomic E-state index is 13.5. The Morgan fingerprint density at radius 1 is 1.09 bits per heavy atom. The van der Waals surface area contributed by atoms with E-state index in [2.05, 4.69) is 10.2 Å². The second kappa shape index (κ2) is 7.59. The number of Topliss-reactive ketones (excluding diaryl/α,β-unsaturated/α-hetero) is 1. The summed E-state index contributed by atoms with van der Waals surface area (Å²) in [7, 11) is 0. The molecule has 2 aromatic carbocycles. The Hall–Kier alpha value is -2.93. The normalized spacial score (nSPS) is 23.2. The Balaban J connectivity index is 1.13. The van der Waals surface area contributed by atoms with E-state index in [0.717, 1.165) is 24.8 Å². The van der Waals surface area contributed by atoms with Gasteiger partial charge in [-0.2, -0.15) is 0 Å². The van der Waals surface area contributed by atoms with Crippen molar-refractivity contribution >= 4 is 17.4 Å². The van der Waals surface area contributed by atoms with Crippen LogP contribution in [0.1, 0.15) is 42.7 Å². The molecule has 2 bridgehead atoms. The van der Waals surface area contributed by atoms with Crippen molar-refractivity contribution in [1.29, 1.82) is 0 Å². The number of benzene rings is 2. The van der Waals surface area contributed by atoms with Gasteiger partial charge in [0.25, 0.3) is 0 Å². The van der Waals surface area contributed by atoms with Crippen molar-refractivity contribution in [3.63, 3.8) is 0 Å². The number of aryl methyl sites for hydroxylation is 2. The van der Waals surface area contributed by atoms with Gasteiger partial charge in [-0.05, 0) is 73.9 Å². The summed E-state index contributed by atoms with van der Waals surface area (Å²) in [6.45, 7) is 3.96. The van der Waals surface area contributed by atoms with Gasteiger partial charge in [-0.3, -0.25) is 4.79 Å². The molecule has 0 spiro atoms. The molecule has 6 rings (SSSR count). The van der Waals surface area contributed by atoms with Crippen molar-refractivity contribution in [1.82, 2.24) is 10.2 Å². The fraction of sp³-hybridized carbons (Fsp3) is 0.375. The number of ether oxygens (including phenoxy) is 2. The monoisotopic (exact) mass is 456 g/mol. The minimum atomic E-state index is -0.571. The summed E-state index contributed by atoms with van der Waals surface area (Å²) in [5.74, 6) is 0.926. The molecule has 32 heavy (non-hydrogen) atoms. The van der Waals surface area contributed by atoms with Gasteiger partial charge in [0.2, 0.25) is 5.89 Å². The Bertz CT molecular complexity index is 1190. The summed E-state index contributed by atoms with van der Waals surface area (Å²) >= 11 is 5.66. The summed E-state index contributed by atoms with van der Waals surface area (Å²) < 4.78 is 30.4. The first-order valence-electron chi connectivity index (χ1n) is 10.4. The molecule has 6 nitrogen and oxygen atoms in total. The standard InChI is InChI=1S/C24H22ClFN2O4/c1-14-3-4-18(7-15(14)2)31-22-28-27-21(32-22)24-11-23(12-24,13-24)9-16(29)10-30-17-5-6-19(25)20(26)8-17/h3-8H,9-13H2,1-2H3. The van der Waals surface area contributed by atoms with Gasteiger partial charge >= 0.3 is 6.08 Å². The van der Waals surface area contributed by atoms with E-state index in [9.17, 15) is 9.18 Å². The lowest BCUT2D eigenvalue weighted by Crippen LogP contribution is -2.65. The predicted molar refractivity (Wildman–Crippen MR) is 115 cm³/mol. The molecule has 0 unspecified atom stereocenters. The second-order valence-corrected chi connectivity index (χ2v) is 9.52. The predicted octanol–water partition coefficient (Wildman–Crippen LogP) is 5.73. The molecule has 3 saturated carbocycles. The van der Waals surface area contributed by atoms with Crippen LogP contribution in [0.15, 0.2) is 40.8 Å². The fourth-order valence-electron chi connectivity index (χ4n) is 4.96. The molecule has 166 valence electrons. The zero-order valence-electron chi connectivity index (χ0n) is 17.8. The highest BCUT2D eigenvalue weighted by atomic mass is 35.5. The Morgan fingerprint density at radius 3 is 2.56 bits per heavy atom. The van der Waals surface area contributed by atoms with Crippen molar-refractivity contribution in [2.75, 3.05) is 6.61 Å². The van der Waals surface area contributed by atoms with Gasteiger partial charge in [0.15, 0.2) is 5.78 Å².